The van der Waals surface area contributed by atoms with Crippen LogP contribution in [0.15, 0.2) is 54.6 Å². The van der Waals surface area contributed by atoms with E-state index in [0.29, 0.717) is 11.4 Å². The highest BCUT2D eigenvalue weighted by atomic mass is 19.4. The summed E-state index contributed by atoms with van der Waals surface area (Å²) in [7, 11) is 1.58. The Labute approximate surface area is 189 Å². The molecule has 1 heterocycles. The van der Waals surface area contributed by atoms with Crippen molar-refractivity contribution in [2.75, 3.05) is 7.11 Å². The lowest BCUT2D eigenvalue weighted by molar-refractivity contribution is -0.282. The number of benzene rings is 2. The lowest BCUT2D eigenvalue weighted by atomic mass is 9.74. The minimum Gasteiger partial charge on any atom is -0.497 e. The number of aliphatic hydroxyl groups is 1. The molecule has 0 unspecified atom stereocenters. The van der Waals surface area contributed by atoms with Gasteiger partial charge in [0, 0.05) is 5.56 Å². The molecule has 4 rings (SSSR count). The molecule has 33 heavy (non-hydrogen) atoms. The molecule has 6 nitrogen and oxygen atoms in total. The summed E-state index contributed by atoms with van der Waals surface area (Å²) in [6, 6.07) is 16.9. The summed E-state index contributed by atoms with van der Waals surface area (Å²) in [4.78, 5) is 5.29. The molecule has 9 heteroatoms. The van der Waals surface area contributed by atoms with Crippen molar-refractivity contribution in [1.82, 2.24) is 9.78 Å². The van der Waals surface area contributed by atoms with Crippen molar-refractivity contribution in [3.63, 3.8) is 0 Å². The third-order valence-corrected chi connectivity index (χ3v) is 6.48. The number of aryl methyl sites for hydroxylation is 1. The molecule has 0 bridgehead atoms. The van der Waals surface area contributed by atoms with E-state index in [0.717, 1.165) is 22.5 Å². The zero-order valence-corrected chi connectivity index (χ0v) is 18.4. The summed E-state index contributed by atoms with van der Waals surface area (Å²) in [6.45, 7) is 1.98. The van der Waals surface area contributed by atoms with E-state index in [4.69, 9.17) is 20.6 Å². The number of methoxy groups -OCH3 is 1. The highest BCUT2D eigenvalue weighted by Gasteiger charge is 2.58. The number of ether oxygens (including phenoxy) is 1. The fourth-order valence-corrected chi connectivity index (χ4v) is 4.24. The van der Waals surface area contributed by atoms with Gasteiger partial charge in [0.25, 0.3) is 0 Å². The fourth-order valence-electron chi connectivity index (χ4n) is 4.24. The number of halogens is 3. The first-order valence-corrected chi connectivity index (χ1v) is 10.6. The van der Waals surface area contributed by atoms with Crippen LogP contribution >= 0.6 is 0 Å². The molecule has 0 atom stereocenters. The molecule has 0 spiro atoms. The van der Waals surface area contributed by atoms with Crippen LogP contribution < -0.4 is 10.6 Å². The first-order chi connectivity index (χ1) is 15.6. The molecular weight excluding hydrogens is 435 g/mol. The van der Waals surface area contributed by atoms with E-state index in [1.807, 2.05) is 43.3 Å². The Kier molecular flexibility index (Phi) is 5.98. The normalized spacial score (nSPS) is 23.5. The predicted octanol–water partition coefficient (Wildman–Crippen LogP) is 4.81. The van der Waals surface area contributed by atoms with Crippen LogP contribution in [0.2, 0.25) is 0 Å². The van der Waals surface area contributed by atoms with E-state index in [1.165, 1.54) is 0 Å². The van der Waals surface area contributed by atoms with E-state index in [9.17, 15) is 18.3 Å². The van der Waals surface area contributed by atoms with Gasteiger partial charge < -0.3 is 9.84 Å². The van der Waals surface area contributed by atoms with Gasteiger partial charge in [-0.2, -0.15) is 18.3 Å². The van der Waals surface area contributed by atoms with Crippen molar-refractivity contribution < 1.29 is 27.9 Å². The predicted molar refractivity (Wildman–Crippen MR) is 117 cm³/mol. The Morgan fingerprint density at radius 2 is 1.61 bits per heavy atom. The smallest absolute Gasteiger partial charge is 0.417 e. The Bertz CT molecular complexity index is 1100. The quantitative estimate of drug-likeness (QED) is 0.533. The molecule has 3 aromatic rings. The molecule has 0 amide bonds. The number of alkyl halides is 3. The van der Waals surface area contributed by atoms with Crippen molar-refractivity contribution in [3.8, 4) is 22.7 Å². The van der Waals surface area contributed by atoms with Gasteiger partial charge >= 0.3 is 6.18 Å². The topological polar surface area (TPSA) is 82.5 Å². The number of hydrogen-bond acceptors (Lipinski definition) is 5. The monoisotopic (exact) mass is 461 g/mol. The van der Waals surface area contributed by atoms with Crippen molar-refractivity contribution in [2.24, 2.45) is 5.90 Å². The summed E-state index contributed by atoms with van der Waals surface area (Å²) in [5, 5.41) is 14.8. The van der Waals surface area contributed by atoms with Crippen LogP contribution in [-0.4, -0.2) is 33.8 Å². The largest absolute Gasteiger partial charge is 0.497 e. The average Bonchev–Trinajstić information content (AvgIpc) is 3.26. The van der Waals surface area contributed by atoms with Gasteiger partial charge in [0.2, 0.25) is 0 Å². The standard InChI is InChI=1S/C24H26F3N3O3/c1-16-3-5-17(6-4-16)20-15-21(29-30(20)18-7-9-19(32-2)10-8-18)22(33-28)11-13-23(31,14-12-22)24(25,26)27/h3-10,15,31H,11-14,28H2,1-2H3. The summed E-state index contributed by atoms with van der Waals surface area (Å²) in [5.41, 5.74) is -0.127. The van der Waals surface area contributed by atoms with Gasteiger partial charge in [0.1, 0.15) is 11.4 Å². The van der Waals surface area contributed by atoms with Crippen LogP contribution in [0.25, 0.3) is 16.9 Å². The van der Waals surface area contributed by atoms with Crippen LogP contribution in [-0.2, 0) is 10.4 Å². The van der Waals surface area contributed by atoms with Gasteiger partial charge in [0.05, 0.1) is 24.2 Å². The van der Waals surface area contributed by atoms with E-state index in [-0.39, 0.29) is 12.8 Å². The van der Waals surface area contributed by atoms with Crippen LogP contribution in [0.5, 0.6) is 5.75 Å². The second-order valence-corrected chi connectivity index (χ2v) is 8.53. The number of aromatic nitrogens is 2. The van der Waals surface area contributed by atoms with Gasteiger partial charge in [-0.25, -0.2) is 10.6 Å². The number of nitrogens with zero attached hydrogens (tertiary/aromatic N) is 2. The first kappa shape index (κ1) is 23.3. The molecule has 1 aromatic heterocycles. The summed E-state index contributed by atoms with van der Waals surface area (Å²) in [5.74, 6) is 6.32. The highest BCUT2D eigenvalue weighted by molar-refractivity contribution is 5.63. The van der Waals surface area contributed by atoms with Crippen molar-refractivity contribution in [1.29, 1.82) is 0 Å². The molecule has 3 N–H and O–H groups in total. The molecule has 0 saturated heterocycles. The molecule has 0 radical (unpaired) electrons. The van der Waals surface area contributed by atoms with E-state index < -0.39 is 30.2 Å². The van der Waals surface area contributed by atoms with Gasteiger partial charge in [-0.15, -0.1) is 0 Å². The minimum absolute atomic E-state index is 0.119. The number of hydrogen-bond donors (Lipinski definition) is 2. The third kappa shape index (κ3) is 4.23. The van der Waals surface area contributed by atoms with Crippen LogP contribution in [0.3, 0.4) is 0 Å². The third-order valence-electron chi connectivity index (χ3n) is 6.48. The molecule has 176 valence electrons. The fraction of sp³-hybridized carbons (Fsp3) is 0.375. The molecular formula is C24H26F3N3O3. The molecule has 1 fully saturated rings. The van der Waals surface area contributed by atoms with Crippen molar-refractivity contribution in [2.45, 2.75) is 50.0 Å². The minimum atomic E-state index is -4.72. The second-order valence-electron chi connectivity index (χ2n) is 8.53. The van der Waals surface area contributed by atoms with E-state index in [1.54, 1.807) is 30.0 Å². The van der Waals surface area contributed by atoms with Crippen LogP contribution in [0.1, 0.15) is 36.9 Å². The van der Waals surface area contributed by atoms with Crippen molar-refractivity contribution >= 4 is 0 Å². The Morgan fingerprint density at radius 3 is 2.12 bits per heavy atom. The molecule has 1 aliphatic carbocycles. The maximum absolute atomic E-state index is 13.3. The number of rotatable bonds is 5. The average molecular weight is 461 g/mol. The molecule has 0 aliphatic heterocycles. The Morgan fingerprint density at radius 1 is 1.00 bits per heavy atom. The van der Waals surface area contributed by atoms with Crippen molar-refractivity contribution in [3.05, 3.63) is 65.9 Å². The zero-order valence-electron chi connectivity index (χ0n) is 18.4. The van der Waals surface area contributed by atoms with E-state index >= 15 is 0 Å². The summed E-state index contributed by atoms with van der Waals surface area (Å²) >= 11 is 0. The van der Waals surface area contributed by atoms with E-state index in [2.05, 4.69) is 0 Å². The molecule has 1 aliphatic rings. The maximum Gasteiger partial charge on any atom is 0.417 e. The lowest BCUT2D eigenvalue weighted by Crippen LogP contribution is -2.52. The lowest BCUT2D eigenvalue weighted by Gasteiger charge is -2.42. The Hall–Kier alpha value is -2.88. The summed E-state index contributed by atoms with van der Waals surface area (Å²) < 4.78 is 47.0. The number of nitrogens with two attached hydrogens (primary N) is 1. The molecule has 1 saturated carbocycles. The van der Waals surface area contributed by atoms with Crippen LogP contribution in [0.4, 0.5) is 13.2 Å². The van der Waals surface area contributed by atoms with Gasteiger partial charge in [-0.1, -0.05) is 29.8 Å². The zero-order chi connectivity index (χ0) is 23.9. The second kappa shape index (κ2) is 8.48. The highest BCUT2D eigenvalue weighted by Crippen LogP contribution is 2.49. The Balaban J connectivity index is 1.78. The van der Waals surface area contributed by atoms with Gasteiger partial charge in [-0.3, -0.25) is 4.84 Å². The summed E-state index contributed by atoms with van der Waals surface area (Å²) in [6.07, 6.45) is -6.01. The van der Waals surface area contributed by atoms with Gasteiger partial charge in [0.15, 0.2) is 5.60 Å². The molecule has 2 aromatic carbocycles. The van der Waals surface area contributed by atoms with Gasteiger partial charge in [-0.05, 0) is 62.9 Å². The maximum atomic E-state index is 13.3. The van der Waals surface area contributed by atoms with Crippen LogP contribution in [0, 0.1) is 6.92 Å². The SMILES string of the molecule is COc1ccc(-n2nc(C3(ON)CCC(O)(C(F)(F)F)CC3)cc2-c2ccc(C)cc2)cc1. The first-order valence-electron chi connectivity index (χ1n) is 10.6.